The molecule has 2 aromatic rings. The summed E-state index contributed by atoms with van der Waals surface area (Å²) >= 11 is 1.31. The summed E-state index contributed by atoms with van der Waals surface area (Å²) in [4.78, 5) is 25.0. The maximum Gasteiger partial charge on any atom is 0.265 e. The second-order valence-electron chi connectivity index (χ2n) is 5.27. The summed E-state index contributed by atoms with van der Waals surface area (Å²) in [6, 6.07) is 10.2. The van der Waals surface area contributed by atoms with Crippen LogP contribution >= 0.6 is 11.3 Å². The van der Waals surface area contributed by atoms with E-state index in [9.17, 15) is 18.0 Å². The quantitative estimate of drug-likeness (QED) is 0.736. The van der Waals surface area contributed by atoms with E-state index in [0.717, 1.165) is 11.1 Å². The smallest absolute Gasteiger partial charge is 0.265 e. The number of sulfonamides is 1. The Balaban J connectivity index is 1.98. The van der Waals surface area contributed by atoms with Crippen molar-refractivity contribution in [2.75, 3.05) is 18.1 Å². The van der Waals surface area contributed by atoms with E-state index in [1.165, 1.54) is 18.3 Å². The van der Waals surface area contributed by atoms with Crippen molar-refractivity contribution < 1.29 is 18.0 Å². The van der Waals surface area contributed by atoms with Crippen LogP contribution in [0.15, 0.2) is 36.4 Å². The van der Waals surface area contributed by atoms with Gasteiger partial charge in [-0.05, 0) is 37.6 Å². The first kappa shape index (κ1) is 18.3. The Morgan fingerprint density at radius 2 is 1.92 bits per heavy atom. The number of amides is 1. The van der Waals surface area contributed by atoms with Crippen LogP contribution in [0.5, 0.6) is 0 Å². The lowest BCUT2D eigenvalue weighted by atomic mass is 10.1. The Hall–Kier alpha value is -2.03. The molecule has 0 unspecified atom stereocenters. The molecule has 0 radical (unpaired) electrons. The van der Waals surface area contributed by atoms with Gasteiger partial charge in [0.15, 0.2) is 5.78 Å². The molecule has 2 rings (SSSR count). The lowest BCUT2D eigenvalue weighted by molar-refractivity contribution is 0.101. The number of carbonyl (C=O) groups excluding carboxylic acids is 2. The first-order valence-electron chi connectivity index (χ1n) is 7.20. The molecule has 0 aliphatic heterocycles. The van der Waals surface area contributed by atoms with Crippen LogP contribution in [0.25, 0.3) is 0 Å². The third-order valence-corrected chi connectivity index (χ3v) is 5.02. The molecule has 1 aromatic heterocycles. The highest BCUT2D eigenvalue weighted by molar-refractivity contribution is 7.88. The van der Waals surface area contributed by atoms with Gasteiger partial charge in [0.1, 0.15) is 0 Å². The largest absolute Gasteiger partial charge is 0.321 e. The maximum absolute atomic E-state index is 12.2. The number of nitrogens with one attached hydrogen (secondary N) is 2. The van der Waals surface area contributed by atoms with E-state index in [0.29, 0.717) is 29.1 Å². The number of Topliss-reactive ketones (excluding diaryl/α,β-unsaturated/α-hetero) is 1. The third-order valence-electron chi connectivity index (χ3n) is 3.15. The summed E-state index contributed by atoms with van der Waals surface area (Å²) in [6.07, 6.45) is 1.63. The number of carbonyl (C=O) groups is 2. The van der Waals surface area contributed by atoms with Gasteiger partial charge in [-0.15, -0.1) is 11.3 Å². The molecule has 0 aliphatic rings. The van der Waals surface area contributed by atoms with E-state index in [-0.39, 0.29) is 11.7 Å². The number of ketones is 1. The minimum atomic E-state index is -3.21. The second-order valence-corrected chi connectivity index (χ2v) is 8.27. The highest BCUT2D eigenvalue weighted by Gasteiger charge is 2.11. The van der Waals surface area contributed by atoms with Crippen molar-refractivity contribution in [3.8, 4) is 0 Å². The van der Waals surface area contributed by atoms with Gasteiger partial charge in [0.25, 0.3) is 5.91 Å². The highest BCUT2D eigenvalue weighted by Crippen LogP contribution is 2.19. The van der Waals surface area contributed by atoms with E-state index in [4.69, 9.17) is 0 Å². The molecule has 0 fully saturated rings. The van der Waals surface area contributed by atoms with E-state index in [1.807, 2.05) is 0 Å². The molecule has 1 heterocycles. The SMILES string of the molecule is CC(=O)c1cccc(NC(=O)c2ccc(CCNS(C)(=O)=O)s2)c1. The molecule has 0 atom stereocenters. The monoisotopic (exact) mass is 366 g/mol. The van der Waals surface area contributed by atoms with Crippen LogP contribution in [-0.2, 0) is 16.4 Å². The van der Waals surface area contributed by atoms with Crippen molar-refractivity contribution in [1.29, 1.82) is 0 Å². The van der Waals surface area contributed by atoms with Gasteiger partial charge >= 0.3 is 0 Å². The fraction of sp³-hybridized carbons (Fsp3) is 0.250. The Bertz CT molecular complexity index is 856. The Kier molecular flexibility index (Phi) is 5.87. The number of hydrogen-bond donors (Lipinski definition) is 2. The highest BCUT2D eigenvalue weighted by atomic mass is 32.2. The molecule has 0 bridgehead atoms. The standard InChI is InChI=1S/C16H18N2O4S2/c1-11(19)12-4-3-5-13(10-12)18-16(20)15-7-6-14(23-15)8-9-17-24(2,21)22/h3-7,10,17H,8-9H2,1-2H3,(H,18,20). The lowest BCUT2D eigenvalue weighted by Gasteiger charge is -2.05. The van der Waals surface area contributed by atoms with Crippen molar-refractivity contribution in [3.63, 3.8) is 0 Å². The first-order chi connectivity index (χ1) is 11.2. The van der Waals surface area contributed by atoms with Gasteiger partial charge in [-0.1, -0.05) is 12.1 Å². The molecule has 1 amide bonds. The van der Waals surface area contributed by atoms with Crippen LogP contribution in [0, 0.1) is 0 Å². The predicted molar refractivity (Wildman–Crippen MR) is 95.3 cm³/mol. The second kappa shape index (κ2) is 7.69. The Morgan fingerprint density at radius 1 is 1.17 bits per heavy atom. The molecular formula is C16H18N2O4S2. The average Bonchev–Trinajstić information content (AvgIpc) is 2.95. The van der Waals surface area contributed by atoms with E-state index < -0.39 is 10.0 Å². The van der Waals surface area contributed by atoms with Crippen molar-refractivity contribution in [1.82, 2.24) is 4.72 Å². The van der Waals surface area contributed by atoms with Crippen LogP contribution in [0.1, 0.15) is 31.8 Å². The van der Waals surface area contributed by atoms with E-state index in [1.54, 1.807) is 36.4 Å². The minimum absolute atomic E-state index is 0.0668. The van der Waals surface area contributed by atoms with Crippen LogP contribution < -0.4 is 10.0 Å². The minimum Gasteiger partial charge on any atom is -0.321 e. The Labute approximate surface area is 145 Å². The summed E-state index contributed by atoms with van der Waals surface area (Å²) in [5.74, 6) is -0.328. The molecule has 2 N–H and O–H groups in total. The summed E-state index contributed by atoms with van der Waals surface area (Å²) in [5.41, 5.74) is 1.09. The van der Waals surface area contributed by atoms with Gasteiger partial charge in [0.2, 0.25) is 10.0 Å². The molecule has 0 spiro atoms. The molecule has 0 aliphatic carbocycles. The fourth-order valence-corrected chi connectivity index (χ4v) is 3.38. The fourth-order valence-electron chi connectivity index (χ4n) is 2.00. The van der Waals surface area contributed by atoms with Crippen molar-refractivity contribution >= 4 is 38.7 Å². The van der Waals surface area contributed by atoms with Gasteiger partial charge in [-0.3, -0.25) is 9.59 Å². The van der Waals surface area contributed by atoms with Crippen molar-refractivity contribution in [2.45, 2.75) is 13.3 Å². The summed E-state index contributed by atoms with van der Waals surface area (Å²) in [7, 11) is -3.21. The average molecular weight is 366 g/mol. The summed E-state index contributed by atoms with van der Waals surface area (Å²) < 4.78 is 24.4. The molecule has 0 saturated heterocycles. The molecular weight excluding hydrogens is 348 g/mol. The number of anilines is 1. The van der Waals surface area contributed by atoms with Gasteiger partial charge < -0.3 is 5.32 Å². The molecule has 1 aromatic carbocycles. The predicted octanol–water partition coefficient (Wildman–Crippen LogP) is 2.29. The molecule has 128 valence electrons. The number of benzene rings is 1. The van der Waals surface area contributed by atoms with Gasteiger partial charge in [0.05, 0.1) is 11.1 Å². The van der Waals surface area contributed by atoms with Crippen LogP contribution in [0.2, 0.25) is 0 Å². The summed E-state index contributed by atoms with van der Waals surface area (Å²) in [5, 5.41) is 2.75. The third kappa shape index (κ3) is 5.55. The zero-order chi connectivity index (χ0) is 17.7. The van der Waals surface area contributed by atoms with E-state index in [2.05, 4.69) is 10.0 Å². The zero-order valence-electron chi connectivity index (χ0n) is 13.3. The van der Waals surface area contributed by atoms with E-state index >= 15 is 0 Å². The number of rotatable bonds is 7. The summed E-state index contributed by atoms with van der Waals surface area (Å²) in [6.45, 7) is 1.76. The van der Waals surface area contributed by atoms with Crippen molar-refractivity contribution in [3.05, 3.63) is 51.7 Å². The zero-order valence-corrected chi connectivity index (χ0v) is 15.0. The van der Waals surface area contributed by atoms with Crippen LogP contribution in [0.4, 0.5) is 5.69 Å². The lowest BCUT2D eigenvalue weighted by Crippen LogP contribution is -2.24. The molecule has 6 nitrogen and oxygen atoms in total. The first-order valence-corrected chi connectivity index (χ1v) is 9.91. The van der Waals surface area contributed by atoms with Gasteiger partial charge in [0, 0.05) is 22.7 Å². The topological polar surface area (TPSA) is 92.3 Å². The normalized spacial score (nSPS) is 11.2. The van der Waals surface area contributed by atoms with Crippen LogP contribution in [-0.4, -0.2) is 32.9 Å². The Morgan fingerprint density at radius 3 is 2.58 bits per heavy atom. The molecule has 24 heavy (non-hydrogen) atoms. The number of hydrogen-bond acceptors (Lipinski definition) is 5. The van der Waals surface area contributed by atoms with Crippen LogP contribution in [0.3, 0.4) is 0 Å². The molecule has 0 saturated carbocycles. The molecule has 8 heteroatoms. The van der Waals surface area contributed by atoms with Gasteiger partial charge in [-0.2, -0.15) is 0 Å². The maximum atomic E-state index is 12.2. The van der Waals surface area contributed by atoms with Gasteiger partial charge in [-0.25, -0.2) is 13.1 Å². The van der Waals surface area contributed by atoms with Crippen molar-refractivity contribution in [2.24, 2.45) is 0 Å². The number of thiophene rings is 1.